The number of nitrogens with zero attached hydrogens (tertiary/aromatic N) is 3. The van der Waals surface area contributed by atoms with Crippen LogP contribution < -0.4 is 14.8 Å². The zero-order valence-corrected chi connectivity index (χ0v) is 32.5. The van der Waals surface area contributed by atoms with Crippen LogP contribution in [0.3, 0.4) is 0 Å². The normalized spacial score (nSPS) is 16.2. The van der Waals surface area contributed by atoms with Crippen LogP contribution in [0.15, 0.2) is 59.6 Å². The molecule has 1 aliphatic heterocycles. The van der Waals surface area contributed by atoms with Gasteiger partial charge in [0.05, 0.1) is 19.4 Å². The summed E-state index contributed by atoms with van der Waals surface area (Å²) < 4.78 is 17.2. The number of aliphatic imine (C=N–C) groups is 1. The third-order valence-corrected chi connectivity index (χ3v) is 11.1. The largest absolute Gasteiger partial charge is 0.497 e. The van der Waals surface area contributed by atoms with Gasteiger partial charge in [0.15, 0.2) is 0 Å². The van der Waals surface area contributed by atoms with Gasteiger partial charge in [0, 0.05) is 36.2 Å². The van der Waals surface area contributed by atoms with Crippen molar-refractivity contribution in [2.24, 2.45) is 4.99 Å². The Morgan fingerprint density at radius 3 is 2.09 bits per heavy atom. The number of hydrogen-bond donors (Lipinski definition) is 1. The molecule has 1 N–H and O–H groups in total. The summed E-state index contributed by atoms with van der Waals surface area (Å²) in [6.07, 6.45) is 13.1. The molecule has 2 fully saturated rings. The summed E-state index contributed by atoms with van der Waals surface area (Å²) in [6.45, 7) is 6.86. The van der Waals surface area contributed by atoms with E-state index in [9.17, 15) is 14.4 Å². The van der Waals surface area contributed by atoms with Gasteiger partial charge in [-0.05, 0) is 112 Å². The molecule has 0 aromatic heterocycles. The molecule has 0 bridgehead atoms. The molecule has 1 heterocycles. The van der Waals surface area contributed by atoms with Gasteiger partial charge in [-0.25, -0.2) is 4.99 Å². The number of guanidine groups is 1. The number of carbonyl (C=O) groups excluding carboxylic acids is 3. The summed E-state index contributed by atoms with van der Waals surface area (Å²) in [5.41, 5.74) is 6.25. The lowest BCUT2D eigenvalue weighted by molar-refractivity contribution is -0.145. The molecule has 0 spiro atoms. The highest BCUT2D eigenvalue weighted by atomic mass is 16.5. The number of methoxy groups -OCH3 is 1. The predicted molar refractivity (Wildman–Crippen MR) is 210 cm³/mol. The van der Waals surface area contributed by atoms with Crippen molar-refractivity contribution in [2.75, 3.05) is 20.3 Å². The van der Waals surface area contributed by atoms with Crippen LogP contribution in [0.4, 0.5) is 5.69 Å². The van der Waals surface area contributed by atoms with E-state index in [2.05, 4.69) is 22.3 Å². The van der Waals surface area contributed by atoms with Crippen LogP contribution in [0, 0.1) is 20.8 Å². The zero-order chi connectivity index (χ0) is 38.0. The Morgan fingerprint density at radius 1 is 0.833 bits per heavy atom. The minimum absolute atomic E-state index is 0.114. The summed E-state index contributed by atoms with van der Waals surface area (Å²) >= 11 is 0. The first-order valence-electron chi connectivity index (χ1n) is 19.8. The Morgan fingerprint density at radius 2 is 1.46 bits per heavy atom. The number of fused-ring (bicyclic) bond motifs is 1. The maximum absolute atomic E-state index is 13.6. The molecule has 10 heteroatoms. The highest BCUT2D eigenvalue weighted by Gasteiger charge is 2.32. The van der Waals surface area contributed by atoms with Gasteiger partial charge >= 0.3 is 5.97 Å². The minimum Gasteiger partial charge on any atom is -0.497 e. The first-order chi connectivity index (χ1) is 26.2. The molecule has 6 rings (SSSR count). The van der Waals surface area contributed by atoms with Gasteiger partial charge in [0.2, 0.25) is 11.9 Å². The standard InChI is InChI=1S/C44H56N4O6/c1-30-24-31(2)39(32(3)25-30)29-54-42(50)28-47-27-34-26-38(21-22-40(34)45-44(47)46-43(51)33-17-19-37(52-4)20-18-33)53-23-11-16-41(49)48(35-12-7-5-8-13-35)36-14-9-6-10-15-36/h17-22,24-26,35-36H,5-16,23,27-29H2,1-4H3,(H,45,46,51). The molecule has 0 atom stereocenters. The highest BCUT2D eigenvalue weighted by Crippen LogP contribution is 2.32. The van der Waals surface area contributed by atoms with Gasteiger partial charge in [-0.1, -0.05) is 56.2 Å². The van der Waals surface area contributed by atoms with Crippen molar-refractivity contribution in [3.8, 4) is 11.5 Å². The topological polar surface area (TPSA) is 110 Å². The second kappa shape index (κ2) is 18.5. The van der Waals surface area contributed by atoms with Gasteiger partial charge < -0.3 is 24.0 Å². The lowest BCUT2D eigenvalue weighted by atomic mass is 9.88. The van der Waals surface area contributed by atoms with Crippen molar-refractivity contribution in [2.45, 2.75) is 123 Å². The molecule has 2 saturated carbocycles. The lowest BCUT2D eigenvalue weighted by Crippen LogP contribution is -2.48. The molecule has 288 valence electrons. The summed E-state index contributed by atoms with van der Waals surface area (Å²) in [5, 5.41) is 2.91. The average Bonchev–Trinajstić information content (AvgIpc) is 3.17. The predicted octanol–water partition coefficient (Wildman–Crippen LogP) is 8.25. The van der Waals surface area contributed by atoms with E-state index < -0.39 is 5.97 Å². The fourth-order valence-electron chi connectivity index (χ4n) is 8.26. The maximum Gasteiger partial charge on any atom is 0.325 e. The van der Waals surface area contributed by atoms with E-state index in [0.29, 0.717) is 60.8 Å². The van der Waals surface area contributed by atoms with Crippen molar-refractivity contribution in [1.82, 2.24) is 15.1 Å². The van der Waals surface area contributed by atoms with Crippen LogP contribution in [-0.4, -0.2) is 65.9 Å². The molecule has 0 unspecified atom stereocenters. The Labute approximate surface area is 320 Å². The van der Waals surface area contributed by atoms with Gasteiger partial charge in [0.1, 0.15) is 24.7 Å². The van der Waals surface area contributed by atoms with E-state index in [4.69, 9.17) is 19.2 Å². The molecule has 3 aromatic rings. The van der Waals surface area contributed by atoms with Crippen molar-refractivity contribution in [1.29, 1.82) is 0 Å². The molecule has 0 saturated heterocycles. The molecule has 3 aromatic carbocycles. The van der Waals surface area contributed by atoms with Crippen molar-refractivity contribution in [3.63, 3.8) is 0 Å². The van der Waals surface area contributed by atoms with Gasteiger partial charge in [-0.3, -0.25) is 19.7 Å². The smallest absolute Gasteiger partial charge is 0.325 e. The Bertz CT molecular complexity index is 1770. The average molecular weight is 737 g/mol. The number of aryl methyl sites for hydroxylation is 3. The van der Waals surface area contributed by atoms with Crippen LogP contribution in [0.2, 0.25) is 0 Å². The van der Waals surface area contributed by atoms with Gasteiger partial charge in [-0.15, -0.1) is 0 Å². The summed E-state index contributed by atoms with van der Waals surface area (Å²) in [7, 11) is 1.57. The first-order valence-corrected chi connectivity index (χ1v) is 19.8. The van der Waals surface area contributed by atoms with E-state index in [1.165, 1.54) is 38.5 Å². The first kappa shape index (κ1) is 38.9. The van der Waals surface area contributed by atoms with Crippen LogP contribution in [0.5, 0.6) is 11.5 Å². The monoisotopic (exact) mass is 736 g/mol. The van der Waals surface area contributed by atoms with Crippen molar-refractivity contribution >= 4 is 29.4 Å². The quantitative estimate of drug-likeness (QED) is 0.139. The number of carbonyl (C=O) groups is 3. The number of hydrogen-bond acceptors (Lipinski definition) is 8. The summed E-state index contributed by atoms with van der Waals surface area (Å²) in [6, 6.07) is 17.4. The zero-order valence-electron chi connectivity index (χ0n) is 32.5. The molecule has 2 aliphatic carbocycles. The molecule has 10 nitrogen and oxygen atoms in total. The molecular formula is C44H56N4O6. The van der Waals surface area contributed by atoms with Crippen LogP contribution in [0.25, 0.3) is 0 Å². The molecular weight excluding hydrogens is 681 g/mol. The SMILES string of the molecule is COc1ccc(C(=O)NC2=Nc3ccc(OCCCC(=O)N(C4CCCCC4)C4CCCCC4)cc3CN2CC(=O)OCc2c(C)cc(C)cc2C)cc1. The van der Waals surface area contributed by atoms with Gasteiger partial charge in [0.25, 0.3) is 5.91 Å². The highest BCUT2D eigenvalue weighted by molar-refractivity contribution is 6.07. The number of nitrogens with one attached hydrogen (secondary N) is 1. The van der Waals surface area contributed by atoms with Crippen molar-refractivity contribution < 1.29 is 28.6 Å². The number of amides is 2. The summed E-state index contributed by atoms with van der Waals surface area (Å²) in [4.78, 5) is 49.0. The Hall–Kier alpha value is -4.86. The maximum atomic E-state index is 13.6. The number of esters is 1. The van der Waals surface area contributed by atoms with E-state index >= 15 is 0 Å². The third-order valence-electron chi connectivity index (χ3n) is 11.1. The van der Waals surface area contributed by atoms with Crippen LogP contribution >= 0.6 is 0 Å². The lowest BCUT2D eigenvalue weighted by Gasteiger charge is -2.42. The second-order valence-electron chi connectivity index (χ2n) is 15.1. The van der Waals surface area contributed by atoms with Crippen molar-refractivity contribution in [3.05, 3.63) is 88.0 Å². The third kappa shape index (κ3) is 10.0. The molecule has 54 heavy (non-hydrogen) atoms. The van der Waals surface area contributed by atoms with Gasteiger partial charge in [-0.2, -0.15) is 0 Å². The minimum atomic E-state index is -0.434. The Balaban J connectivity index is 1.11. The second-order valence-corrected chi connectivity index (χ2v) is 15.1. The van der Waals surface area contributed by atoms with E-state index in [1.807, 2.05) is 39.0 Å². The number of rotatable bonds is 13. The molecule has 0 radical (unpaired) electrons. The number of ether oxygens (including phenoxy) is 3. The van der Waals surface area contributed by atoms with Crippen LogP contribution in [-0.2, 0) is 27.5 Å². The van der Waals surface area contributed by atoms with Crippen LogP contribution in [0.1, 0.15) is 115 Å². The Kier molecular flexibility index (Phi) is 13.3. The number of benzene rings is 3. The van der Waals surface area contributed by atoms with E-state index in [0.717, 1.165) is 53.5 Å². The fraction of sp³-hybridized carbons (Fsp3) is 0.500. The summed E-state index contributed by atoms with van der Waals surface area (Å²) in [5.74, 6) is 1.06. The molecule has 2 amide bonds. The van der Waals surface area contributed by atoms with E-state index in [1.54, 1.807) is 36.3 Å². The van der Waals surface area contributed by atoms with E-state index in [-0.39, 0.29) is 30.9 Å². The fourth-order valence-corrected chi connectivity index (χ4v) is 8.26. The molecule has 3 aliphatic rings.